The van der Waals surface area contributed by atoms with Crippen molar-refractivity contribution in [2.45, 2.75) is 19.9 Å². The third-order valence-corrected chi connectivity index (χ3v) is 3.41. The van der Waals surface area contributed by atoms with Gasteiger partial charge in [0.15, 0.2) is 5.82 Å². The first-order valence-electron chi connectivity index (χ1n) is 5.60. The smallest absolute Gasteiger partial charge is 0.272 e. The highest BCUT2D eigenvalue weighted by Gasteiger charge is 2.14. The lowest BCUT2D eigenvalue weighted by atomic mass is 10.2. The monoisotopic (exact) mass is 281 g/mol. The Morgan fingerprint density at radius 1 is 1.53 bits per heavy atom. The maximum Gasteiger partial charge on any atom is 0.272 e. The Hall–Kier alpha value is -2.02. The van der Waals surface area contributed by atoms with Crippen LogP contribution in [0.1, 0.15) is 23.7 Å². The number of nitro groups is 1. The molecule has 0 amide bonds. The van der Waals surface area contributed by atoms with Crippen LogP contribution in [0.5, 0.6) is 0 Å². The Bertz CT molecular complexity index is 615. The number of anilines is 1. The predicted octanol–water partition coefficient (Wildman–Crippen LogP) is 3.67. The topological polar surface area (TPSA) is 68.1 Å². The van der Waals surface area contributed by atoms with Gasteiger partial charge >= 0.3 is 0 Å². The molecule has 1 N–H and O–H groups in total. The highest BCUT2D eigenvalue weighted by molar-refractivity contribution is 7.09. The molecular weight excluding hydrogens is 269 g/mol. The molecule has 0 aliphatic rings. The number of nitro benzene ring substituents is 1. The van der Waals surface area contributed by atoms with Crippen molar-refractivity contribution < 1.29 is 9.31 Å². The molecule has 100 valence electrons. The van der Waals surface area contributed by atoms with E-state index in [0.717, 1.165) is 16.8 Å². The summed E-state index contributed by atoms with van der Waals surface area (Å²) in [5, 5.41) is 16.3. The lowest BCUT2D eigenvalue weighted by Crippen LogP contribution is -2.08. The summed E-state index contributed by atoms with van der Waals surface area (Å²) in [7, 11) is 0. The fraction of sp³-hybridized carbons (Fsp3) is 0.250. The summed E-state index contributed by atoms with van der Waals surface area (Å²) >= 11 is 1.52. The predicted molar refractivity (Wildman–Crippen MR) is 71.9 cm³/mol. The third-order valence-electron chi connectivity index (χ3n) is 2.62. The standard InChI is InChI=1S/C12H12FN3O2S/c1-7(12-6-19-8(2)15-12)14-11-4-3-9(16(17)18)5-10(11)13/h3-7,14H,1-2H3. The minimum Gasteiger partial charge on any atom is -0.375 e. The van der Waals surface area contributed by atoms with Gasteiger partial charge in [0.05, 0.1) is 33.4 Å². The van der Waals surface area contributed by atoms with Crippen LogP contribution in [0.25, 0.3) is 0 Å². The molecule has 0 spiro atoms. The minimum absolute atomic E-state index is 0.166. The zero-order valence-corrected chi connectivity index (χ0v) is 11.2. The van der Waals surface area contributed by atoms with Crippen molar-refractivity contribution in [3.05, 3.63) is 50.2 Å². The van der Waals surface area contributed by atoms with Crippen LogP contribution in [-0.2, 0) is 0 Å². The number of nitrogens with one attached hydrogen (secondary N) is 1. The van der Waals surface area contributed by atoms with Crippen molar-refractivity contribution in [2.75, 3.05) is 5.32 Å². The molecule has 5 nitrogen and oxygen atoms in total. The normalized spacial score (nSPS) is 12.2. The summed E-state index contributed by atoms with van der Waals surface area (Å²) in [4.78, 5) is 14.2. The third kappa shape index (κ3) is 3.05. The molecule has 0 fully saturated rings. The molecule has 1 aromatic heterocycles. The van der Waals surface area contributed by atoms with Gasteiger partial charge in [-0.3, -0.25) is 10.1 Å². The second-order valence-corrected chi connectivity index (χ2v) is 5.14. The Morgan fingerprint density at radius 3 is 2.79 bits per heavy atom. The van der Waals surface area contributed by atoms with E-state index in [-0.39, 0.29) is 17.4 Å². The van der Waals surface area contributed by atoms with Gasteiger partial charge in [-0.05, 0) is 19.9 Å². The summed E-state index contributed by atoms with van der Waals surface area (Å²) in [5.74, 6) is -0.645. The molecule has 2 rings (SSSR count). The first kappa shape index (κ1) is 13.4. The van der Waals surface area contributed by atoms with Gasteiger partial charge in [0.1, 0.15) is 0 Å². The van der Waals surface area contributed by atoms with E-state index >= 15 is 0 Å². The van der Waals surface area contributed by atoms with Crippen LogP contribution in [-0.4, -0.2) is 9.91 Å². The van der Waals surface area contributed by atoms with Gasteiger partial charge in [-0.15, -0.1) is 11.3 Å². The molecule has 0 bridgehead atoms. The first-order chi connectivity index (χ1) is 8.97. The van der Waals surface area contributed by atoms with Crippen LogP contribution >= 0.6 is 11.3 Å². The lowest BCUT2D eigenvalue weighted by molar-refractivity contribution is -0.385. The summed E-state index contributed by atoms with van der Waals surface area (Å²) in [6.07, 6.45) is 0. The molecule has 0 aliphatic heterocycles. The largest absolute Gasteiger partial charge is 0.375 e. The maximum atomic E-state index is 13.7. The van der Waals surface area contributed by atoms with E-state index in [1.54, 1.807) is 0 Å². The Morgan fingerprint density at radius 2 is 2.26 bits per heavy atom. The van der Waals surface area contributed by atoms with E-state index in [4.69, 9.17) is 0 Å². The number of nitrogens with zero attached hydrogens (tertiary/aromatic N) is 2. The number of aryl methyl sites for hydroxylation is 1. The van der Waals surface area contributed by atoms with Crippen molar-refractivity contribution in [2.24, 2.45) is 0 Å². The summed E-state index contributed by atoms with van der Waals surface area (Å²) in [6.45, 7) is 3.75. The van der Waals surface area contributed by atoms with Crippen molar-refractivity contribution in [1.82, 2.24) is 4.98 Å². The molecule has 0 saturated carbocycles. The molecule has 1 atom stereocenters. The minimum atomic E-state index is -0.645. The Kier molecular flexibility index (Phi) is 3.75. The van der Waals surface area contributed by atoms with Gasteiger partial charge in [0.25, 0.3) is 5.69 Å². The van der Waals surface area contributed by atoms with Crippen molar-refractivity contribution in [3.63, 3.8) is 0 Å². The van der Waals surface area contributed by atoms with Gasteiger partial charge in [0.2, 0.25) is 0 Å². The quantitative estimate of drug-likeness (QED) is 0.685. The zero-order valence-electron chi connectivity index (χ0n) is 10.4. The van der Waals surface area contributed by atoms with Gasteiger partial charge in [0, 0.05) is 11.4 Å². The van der Waals surface area contributed by atoms with Crippen LogP contribution in [0.2, 0.25) is 0 Å². The van der Waals surface area contributed by atoms with E-state index in [1.165, 1.54) is 23.5 Å². The summed E-state index contributed by atoms with van der Waals surface area (Å²) in [5.41, 5.74) is 0.782. The highest BCUT2D eigenvalue weighted by Crippen LogP contribution is 2.25. The molecular formula is C12H12FN3O2S. The van der Waals surface area contributed by atoms with Gasteiger partial charge in [-0.2, -0.15) is 0 Å². The van der Waals surface area contributed by atoms with E-state index in [2.05, 4.69) is 10.3 Å². The van der Waals surface area contributed by atoms with Crippen LogP contribution in [0.3, 0.4) is 0 Å². The first-order valence-corrected chi connectivity index (χ1v) is 6.48. The van der Waals surface area contributed by atoms with Crippen LogP contribution < -0.4 is 5.32 Å². The molecule has 19 heavy (non-hydrogen) atoms. The number of aromatic nitrogens is 1. The Balaban J connectivity index is 2.17. The molecule has 0 radical (unpaired) electrons. The average molecular weight is 281 g/mol. The fourth-order valence-electron chi connectivity index (χ4n) is 1.62. The number of benzene rings is 1. The molecule has 0 aliphatic carbocycles. The van der Waals surface area contributed by atoms with E-state index in [0.29, 0.717) is 0 Å². The van der Waals surface area contributed by atoms with Gasteiger partial charge in [-0.25, -0.2) is 9.37 Å². The second-order valence-electron chi connectivity index (χ2n) is 4.08. The maximum absolute atomic E-state index is 13.7. The van der Waals surface area contributed by atoms with Crippen molar-refractivity contribution in [3.8, 4) is 0 Å². The number of thiazole rings is 1. The van der Waals surface area contributed by atoms with Gasteiger partial charge < -0.3 is 5.32 Å². The van der Waals surface area contributed by atoms with E-state index in [1.807, 2.05) is 19.2 Å². The fourth-order valence-corrected chi connectivity index (χ4v) is 2.33. The van der Waals surface area contributed by atoms with E-state index in [9.17, 15) is 14.5 Å². The van der Waals surface area contributed by atoms with Crippen LogP contribution in [0.15, 0.2) is 23.6 Å². The van der Waals surface area contributed by atoms with Crippen molar-refractivity contribution >= 4 is 22.7 Å². The molecule has 1 heterocycles. The summed E-state index contributed by atoms with van der Waals surface area (Å²) < 4.78 is 13.7. The second kappa shape index (κ2) is 5.31. The lowest BCUT2D eigenvalue weighted by Gasteiger charge is -2.13. The molecule has 2 aromatic rings. The number of rotatable bonds is 4. The van der Waals surface area contributed by atoms with E-state index < -0.39 is 10.7 Å². The molecule has 0 saturated heterocycles. The molecule has 1 aromatic carbocycles. The molecule has 1 unspecified atom stereocenters. The number of hydrogen-bond acceptors (Lipinski definition) is 5. The van der Waals surface area contributed by atoms with Gasteiger partial charge in [-0.1, -0.05) is 0 Å². The number of hydrogen-bond donors (Lipinski definition) is 1. The number of halogens is 1. The average Bonchev–Trinajstić information content (AvgIpc) is 2.78. The Labute approximate surface area is 113 Å². The molecule has 7 heteroatoms. The summed E-state index contributed by atoms with van der Waals surface area (Å²) in [6, 6.07) is 3.37. The SMILES string of the molecule is Cc1nc(C(C)Nc2ccc([N+](=O)[O-])cc2F)cs1. The number of non-ortho nitro benzene ring substituents is 1. The van der Waals surface area contributed by atoms with Crippen LogP contribution in [0, 0.1) is 22.9 Å². The van der Waals surface area contributed by atoms with Crippen molar-refractivity contribution in [1.29, 1.82) is 0 Å². The highest BCUT2D eigenvalue weighted by atomic mass is 32.1. The van der Waals surface area contributed by atoms with Crippen LogP contribution in [0.4, 0.5) is 15.8 Å². The zero-order chi connectivity index (χ0) is 14.0.